The molecule has 2 heterocycles. The van der Waals surface area contributed by atoms with Crippen molar-refractivity contribution in [3.05, 3.63) is 98.9 Å². The van der Waals surface area contributed by atoms with E-state index in [-0.39, 0.29) is 30.0 Å². The number of fused-ring (bicyclic) bond motifs is 1. The minimum atomic E-state index is -0.568. The number of hydrogen-bond acceptors (Lipinski definition) is 5. The van der Waals surface area contributed by atoms with Gasteiger partial charge in [-0.25, -0.2) is 14.3 Å². The topological polar surface area (TPSA) is 88.1 Å². The molecular formula is C23H19ClN4O4. The number of carbonyl (C=O) groups is 1. The van der Waals surface area contributed by atoms with Crippen molar-refractivity contribution in [2.45, 2.75) is 13.1 Å². The molecule has 0 fully saturated rings. The van der Waals surface area contributed by atoms with Crippen molar-refractivity contribution in [1.82, 2.24) is 18.7 Å². The predicted molar refractivity (Wildman–Crippen MR) is 122 cm³/mol. The Morgan fingerprint density at radius 1 is 1.19 bits per heavy atom. The lowest BCUT2D eigenvalue weighted by Gasteiger charge is -2.12. The Morgan fingerprint density at radius 3 is 2.69 bits per heavy atom. The summed E-state index contributed by atoms with van der Waals surface area (Å²) in [5.41, 5.74) is 0.0371. The van der Waals surface area contributed by atoms with Gasteiger partial charge in [-0.05, 0) is 24.3 Å². The van der Waals surface area contributed by atoms with E-state index >= 15 is 0 Å². The average molecular weight is 451 g/mol. The lowest BCUT2D eigenvalue weighted by atomic mass is 10.1. The van der Waals surface area contributed by atoms with Gasteiger partial charge in [0, 0.05) is 23.2 Å². The second-order valence-electron chi connectivity index (χ2n) is 7.00. The zero-order valence-electron chi connectivity index (χ0n) is 17.2. The number of ketones is 1. The van der Waals surface area contributed by atoms with Crippen LogP contribution >= 0.6 is 11.6 Å². The Morgan fingerprint density at radius 2 is 1.97 bits per heavy atom. The molecule has 0 spiro atoms. The number of allylic oxidation sites excluding steroid dienone is 1. The summed E-state index contributed by atoms with van der Waals surface area (Å²) in [6, 6.07) is 13.4. The summed E-state index contributed by atoms with van der Waals surface area (Å²) >= 11 is 5.99. The average Bonchev–Trinajstić information content (AvgIpc) is 3.20. The molecule has 2 aromatic heterocycles. The Hall–Kier alpha value is -3.91. The third kappa shape index (κ3) is 3.76. The molecule has 0 saturated carbocycles. The molecule has 9 heteroatoms. The molecule has 4 aromatic rings. The SMILES string of the molecule is C=CCn1c(=O)c2c(ncn2CC(=O)c2cccc(Cl)c2)n(-c2cccc(OC)c2)c1=O. The van der Waals surface area contributed by atoms with Crippen LogP contribution in [0.25, 0.3) is 16.9 Å². The third-order valence-electron chi connectivity index (χ3n) is 4.98. The van der Waals surface area contributed by atoms with Gasteiger partial charge in [0.1, 0.15) is 5.75 Å². The Balaban J connectivity index is 1.93. The summed E-state index contributed by atoms with van der Waals surface area (Å²) < 4.78 is 9.08. The van der Waals surface area contributed by atoms with Gasteiger partial charge >= 0.3 is 5.69 Å². The van der Waals surface area contributed by atoms with Crippen LogP contribution in [0.3, 0.4) is 0 Å². The number of hydrogen-bond donors (Lipinski definition) is 0. The van der Waals surface area contributed by atoms with E-state index in [9.17, 15) is 14.4 Å². The lowest BCUT2D eigenvalue weighted by molar-refractivity contribution is 0.0973. The standard InChI is InChI=1S/C23H19ClN4O4/c1-3-10-27-22(30)20-21(28(23(27)31)17-8-5-9-18(12-17)32-2)25-14-26(20)13-19(29)15-6-4-7-16(24)11-15/h3-9,11-12,14H,1,10,13H2,2H3. The summed E-state index contributed by atoms with van der Waals surface area (Å²) in [6.45, 7) is 3.50. The molecule has 162 valence electrons. The first-order valence-electron chi connectivity index (χ1n) is 9.69. The number of Topliss-reactive ketones (excluding diaryl/α,β-unsaturated/α-hetero) is 1. The van der Waals surface area contributed by atoms with Gasteiger partial charge in [-0.1, -0.05) is 35.9 Å². The van der Waals surface area contributed by atoms with Crippen LogP contribution in [0.1, 0.15) is 10.4 Å². The number of aromatic nitrogens is 4. The largest absolute Gasteiger partial charge is 0.497 e. The van der Waals surface area contributed by atoms with Gasteiger partial charge in [0.15, 0.2) is 16.9 Å². The van der Waals surface area contributed by atoms with Crippen molar-refractivity contribution in [2.24, 2.45) is 0 Å². The monoisotopic (exact) mass is 450 g/mol. The maximum absolute atomic E-state index is 13.2. The summed E-state index contributed by atoms with van der Waals surface area (Å²) in [7, 11) is 1.52. The molecule has 2 aromatic carbocycles. The number of rotatable bonds is 7. The van der Waals surface area contributed by atoms with Gasteiger partial charge in [-0.2, -0.15) is 0 Å². The highest BCUT2D eigenvalue weighted by molar-refractivity contribution is 6.31. The number of carbonyl (C=O) groups excluding carboxylic acids is 1. The minimum Gasteiger partial charge on any atom is -0.497 e. The normalized spacial score (nSPS) is 10.9. The van der Waals surface area contributed by atoms with E-state index in [0.29, 0.717) is 22.0 Å². The van der Waals surface area contributed by atoms with Crippen LogP contribution < -0.4 is 16.0 Å². The third-order valence-corrected chi connectivity index (χ3v) is 5.22. The number of imidazole rings is 1. The van der Waals surface area contributed by atoms with Crippen LogP contribution in [-0.4, -0.2) is 31.6 Å². The lowest BCUT2D eigenvalue weighted by Crippen LogP contribution is -2.40. The maximum Gasteiger partial charge on any atom is 0.337 e. The summed E-state index contributed by atoms with van der Waals surface area (Å²) in [6.07, 6.45) is 2.84. The van der Waals surface area contributed by atoms with E-state index in [2.05, 4.69) is 11.6 Å². The first-order valence-corrected chi connectivity index (χ1v) is 10.1. The van der Waals surface area contributed by atoms with E-state index in [4.69, 9.17) is 16.3 Å². The first kappa shape index (κ1) is 21.3. The van der Waals surface area contributed by atoms with Crippen LogP contribution in [0, 0.1) is 0 Å². The molecular weight excluding hydrogens is 432 g/mol. The summed E-state index contributed by atoms with van der Waals surface area (Å²) in [5.74, 6) is 0.292. The first-order chi connectivity index (χ1) is 15.4. The molecule has 0 atom stereocenters. The van der Waals surface area contributed by atoms with Crippen molar-refractivity contribution >= 4 is 28.5 Å². The quantitative estimate of drug-likeness (QED) is 0.319. The number of halogens is 1. The van der Waals surface area contributed by atoms with E-state index in [1.807, 2.05) is 0 Å². The maximum atomic E-state index is 13.2. The van der Waals surface area contributed by atoms with Gasteiger partial charge in [0.2, 0.25) is 0 Å². The molecule has 0 radical (unpaired) electrons. The second-order valence-corrected chi connectivity index (χ2v) is 7.44. The summed E-state index contributed by atoms with van der Waals surface area (Å²) in [4.78, 5) is 43.5. The molecule has 0 saturated heterocycles. The van der Waals surface area contributed by atoms with Crippen molar-refractivity contribution in [1.29, 1.82) is 0 Å². The second kappa shape index (κ2) is 8.68. The van der Waals surface area contributed by atoms with Gasteiger partial charge in [-0.15, -0.1) is 6.58 Å². The molecule has 0 amide bonds. The van der Waals surface area contributed by atoms with Crippen LogP contribution in [-0.2, 0) is 13.1 Å². The van der Waals surface area contributed by atoms with Crippen molar-refractivity contribution in [3.63, 3.8) is 0 Å². The zero-order valence-corrected chi connectivity index (χ0v) is 18.0. The highest BCUT2D eigenvalue weighted by Gasteiger charge is 2.20. The summed E-state index contributed by atoms with van der Waals surface area (Å²) in [5, 5.41) is 0.437. The van der Waals surface area contributed by atoms with Crippen LogP contribution in [0.4, 0.5) is 0 Å². The number of nitrogens with zero attached hydrogens (tertiary/aromatic N) is 4. The predicted octanol–water partition coefficient (Wildman–Crippen LogP) is 3.08. The minimum absolute atomic E-state index is 0.00496. The molecule has 0 unspecified atom stereocenters. The van der Waals surface area contributed by atoms with Gasteiger partial charge in [0.25, 0.3) is 5.56 Å². The van der Waals surface area contributed by atoms with Crippen molar-refractivity contribution < 1.29 is 9.53 Å². The fraction of sp³-hybridized carbons (Fsp3) is 0.130. The highest BCUT2D eigenvalue weighted by Crippen LogP contribution is 2.19. The van der Waals surface area contributed by atoms with Gasteiger partial charge in [0.05, 0.1) is 25.7 Å². The molecule has 8 nitrogen and oxygen atoms in total. The van der Waals surface area contributed by atoms with E-state index < -0.39 is 11.2 Å². The molecule has 0 aliphatic carbocycles. The molecule has 0 bridgehead atoms. The number of benzene rings is 2. The molecule has 0 aliphatic heterocycles. The van der Waals surface area contributed by atoms with Crippen LogP contribution in [0.2, 0.25) is 5.02 Å². The van der Waals surface area contributed by atoms with Gasteiger partial charge < -0.3 is 9.30 Å². The molecule has 0 aliphatic rings. The van der Waals surface area contributed by atoms with E-state index in [1.165, 1.54) is 28.6 Å². The molecule has 4 rings (SSSR count). The molecule has 0 N–H and O–H groups in total. The van der Waals surface area contributed by atoms with Crippen LogP contribution in [0.5, 0.6) is 5.75 Å². The number of methoxy groups -OCH3 is 1. The zero-order chi connectivity index (χ0) is 22.8. The van der Waals surface area contributed by atoms with Crippen molar-refractivity contribution in [3.8, 4) is 11.4 Å². The fourth-order valence-corrected chi connectivity index (χ4v) is 3.67. The molecule has 32 heavy (non-hydrogen) atoms. The van der Waals surface area contributed by atoms with E-state index in [0.717, 1.165) is 4.57 Å². The van der Waals surface area contributed by atoms with Crippen LogP contribution in [0.15, 0.2) is 77.1 Å². The Labute approximate surface area is 187 Å². The van der Waals surface area contributed by atoms with E-state index in [1.54, 1.807) is 48.5 Å². The van der Waals surface area contributed by atoms with Gasteiger partial charge in [-0.3, -0.25) is 14.2 Å². The fourth-order valence-electron chi connectivity index (χ4n) is 3.48. The number of ether oxygens (including phenoxy) is 1. The van der Waals surface area contributed by atoms with Crippen molar-refractivity contribution in [2.75, 3.05) is 7.11 Å². The Bertz CT molecular complexity index is 1470. The Kier molecular flexibility index (Phi) is 5.79. The highest BCUT2D eigenvalue weighted by atomic mass is 35.5. The smallest absolute Gasteiger partial charge is 0.337 e.